The topological polar surface area (TPSA) is 61.3 Å². The maximum Gasteiger partial charge on any atom is 0.316 e. The van der Waals surface area contributed by atoms with Crippen molar-refractivity contribution < 1.29 is 9.13 Å². The van der Waals surface area contributed by atoms with Gasteiger partial charge in [-0.2, -0.15) is 4.99 Å². The molecule has 6 nitrogen and oxygen atoms in total. The molecule has 0 amide bonds. The van der Waals surface area contributed by atoms with Crippen molar-refractivity contribution in [2.24, 2.45) is 9.98 Å². The fourth-order valence-corrected chi connectivity index (χ4v) is 7.38. The van der Waals surface area contributed by atoms with Gasteiger partial charge in [0, 0.05) is 36.8 Å². The van der Waals surface area contributed by atoms with Gasteiger partial charge in [0.05, 0.1) is 5.02 Å². The average Bonchev–Trinajstić information content (AvgIpc) is 3.45. The number of halogens is 2. The summed E-state index contributed by atoms with van der Waals surface area (Å²) in [7, 11) is 1.96. The molecule has 3 aromatic rings. The lowest BCUT2D eigenvalue weighted by Gasteiger charge is -2.35. The first kappa shape index (κ1) is 32.6. The summed E-state index contributed by atoms with van der Waals surface area (Å²) in [5.41, 5.74) is 3.09. The molecule has 0 bridgehead atoms. The number of piperidine rings is 1. The minimum Gasteiger partial charge on any atom is -0.462 e. The molecule has 3 aromatic carbocycles. The van der Waals surface area contributed by atoms with E-state index < -0.39 is 5.82 Å². The molecule has 2 aliphatic rings. The third kappa shape index (κ3) is 7.68. The largest absolute Gasteiger partial charge is 0.462 e. The molecule has 44 heavy (non-hydrogen) atoms. The highest BCUT2D eigenvalue weighted by atomic mass is 35.5. The predicted molar refractivity (Wildman–Crippen MR) is 183 cm³/mol. The molecule has 8 heteroatoms. The number of aryl methyl sites for hydroxylation is 1. The highest BCUT2D eigenvalue weighted by Crippen LogP contribution is 2.42. The Labute approximate surface area is 267 Å². The zero-order chi connectivity index (χ0) is 31.1. The molecule has 2 N–H and O–H groups in total. The summed E-state index contributed by atoms with van der Waals surface area (Å²) in [6.07, 6.45) is 8.75. The molecule has 0 saturated carbocycles. The summed E-state index contributed by atoms with van der Waals surface area (Å²) in [6, 6.07) is 15.2. The molecule has 2 aliphatic heterocycles. The van der Waals surface area contributed by atoms with Crippen LogP contribution < -0.4 is 10.6 Å². The van der Waals surface area contributed by atoms with Gasteiger partial charge in [0.1, 0.15) is 12.3 Å². The Morgan fingerprint density at radius 3 is 2.77 bits per heavy atom. The van der Waals surface area contributed by atoms with E-state index in [9.17, 15) is 0 Å². The van der Waals surface area contributed by atoms with Crippen molar-refractivity contribution >= 4 is 40.8 Å². The van der Waals surface area contributed by atoms with E-state index >= 15 is 4.39 Å². The third-order valence-electron chi connectivity index (χ3n) is 9.12. The van der Waals surface area contributed by atoms with Crippen LogP contribution >= 0.6 is 11.6 Å². The summed E-state index contributed by atoms with van der Waals surface area (Å²) < 4.78 is 23.0. The maximum absolute atomic E-state index is 16.9. The Balaban J connectivity index is 1.49. The Hall–Kier alpha value is -2.84. The molecular formula is C36H47ClFN5O. The van der Waals surface area contributed by atoms with Gasteiger partial charge in [0.2, 0.25) is 0 Å². The van der Waals surface area contributed by atoms with Crippen molar-refractivity contribution in [2.75, 3.05) is 33.3 Å². The maximum atomic E-state index is 16.9. The van der Waals surface area contributed by atoms with Crippen molar-refractivity contribution in [3.8, 4) is 11.1 Å². The zero-order valence-electron chi connectivity index (χ0n) is 26.5. The molecule has 5 rings (SSSR count). The van der Waals surface area contributed by atoms with Crippen molar-refractivity contribution in [1.29, 1.82) is 0 Å². The summed E-state index contributed by atoms with van der Waals surface area (Å²) in [6.45, 7) is 11.2. The molecule has 0 spiro atoms. The SMILES string of the molecule is C=N/C(=N\c1c(CC2CCC(CNC)N2)cc(Cl)c(-c2cc(C)cc3ccccc23)c1F)OCCN1CCCCC1CCC. The van der Waals surface area contributed by atoms with E-state index in [0.29, 0.717) is 35.7 Å². The number of rotatable bonds is 11. The first-order chi connectivity index (χ1) is 21.4. The van der Waals surface area contributed by atoms with Gasteiger partial charge in [-0.25, -0.2) is 9.38 Å². The number of nitrogens with one attached hydrogen (secondary N) is 2. The quantitative estimate of drug-likeness (QED) is 0.169. The van der Waals surface area contributed by atoms with Crippen LogP contribution in [0, 0.1) is 12.7 Å². The second kappa shape index (κ2) is 15.4. The van der Waals surface area contributed by atoms with Crippen LogP contribution in [0.5, 0.6) is 0 Å². The van der Waals surface area contributed by atoms with Gasteiger partial charge in [0.15, 0.2) is 5.82 Å². The second-order valence-corrected chi connectivity index (χ2v) is 12.8. The van der Waals surface area contributed by atoms with Gasteiger partial charge < -0.3 is 15.4 Å². The number of likely N-dealkylation sites (tertiary alicyclic amines) is 1. The van der Waals surface area contributed by atoms with E-state index in [4.69, 9.17) is 21.3 Å². The smallest absolute Gasteiger partial charge is 0.316 e. The third-order valence-corrected chi connectivity index (χ3v) is 9.42. The Morgan fingerprint density at radius 2 is 1.98 bits per heavy atom. The van der Waals surface area contributed by atoms with E-state index in [0.717, 1.165) is 59.9 Å². The molecule has 3 atom stereocenters. The lowest BCUT2D eigenvalue weighted by Crippen LogP contribution is -2.41. The number of hydrogen-bond donors (Lipinski definition) is 2. The summed E-state index contributed by atoms with van der Waals surface area (Å²) in [4.78, 5) is 11.3. The molecule has 2 fully saturated rings. The van der Waals surface area contributed by atoms with Crippen LogP contribution in [0.15, 0.2) is 52.4 Å². The number of aliphatic imine (C=N–C) groups is 2. The van der Waals surface area contributed by atoms with Crippen LogP contribution in [0.4, 0.5) is 10.1 Å². The lowest BCUT2D eigenvalue weighted by atomic mass is 9.93. The minimum atomic E-state index is -0.461. The first-order valence-corrected chi connectivity index (χ1v) is 16.6. The number of ether oxygens (including phenoxy) is 1. The van der Waals surface area contributed by atoms with Gasteiger partial charge in [-0.15, -0.1) is 0 Å². The summed E-state index contributed by atoms with van der Waals surface area (Å²) in [5, 5.41) is 9.29. The fourth-order valence-electron chi connectivity index (χ4n) is 7.06. The Kier molecular flexibility index (Phi) is 11.4. The number of benzene rings is 3. The van der Waals surface area contributed by atoms with Crippen molar-refractivity contribution in [1.82, 2.24) is 15.5 Å². The summed E-state index contributed by atoms with van der Waals surface area (Å²) >= 11 is 6.95. The predicted octanol–water partition coefficient (Wildman–Crippen LogP) is 7.85. The number of fused-ring (bicyclic) bond motifs is 1. The number of likely N-dealkylation sites (N-methyl/N-ethyl adjacent to an activating group) is 1. The second-order valence-electron chi connectivity index (χ2n) is 12.4. The highest BCUT2D eigenvalue weighted by molar-refractivity contribution is 6.34. The van der Waals surface area contributed by atoms with Gasteiger partial charge in [-0.05, 0) is 99.3 Å². The van der Waals surface area contributed by atoms with Crippen LogP contribution in [-0.4, -0.2) is 69.1 Å². The molecule has 2 heterocycles. The van der Waals surface area contributed by atoms with E-state index in [-0.39, 0.29) is 17.8 Å². The first-order valence-electron chi connectivity index (χ1n) is 16.2. The van der Waals surface area contributed by atoms with Crippen LogP contribution in [-0.2, 0) is 11.2 Å². The molecular weight excluding hydrogens is 573 g/mol. The number of hydrogen-bond acceptors (Lipinski definition) is 5. The monoisotopic (exact) mass is 619 g/mol. The van der Waals surface area contributed by atoms with Gasteiger partial charge in [-0.3, -0.25) is 4.90 Å². The van der Waals surface area contributed by atoms with E-state index in [2.05, 4.69) is 40.2 Å². The normalized spacial score (nSPS) is 21.2. The Morgan fingerprint density at radius 1 is 1.16 bits per heavy atom. The van der Waals surface area contributed by atoms with Crippen molar-refractivity contribution in [2.45, 2.75) is 83.3 Å². The van der Waals surface area contributed by atoms with Crippen LogP contribution in [0.2, 0.25) is 5.02 Å². The van der Waals surface area contributed by atoms with E-state index in [1.54, 1.807) is 0 Å². The molecule has 0 aliphatic carbocycles. The standard InChI is InChI=1S/C36H47ClFN5O/c1-5-10-29-12-8-9-16-43(29)17-18-44-36(40-4)42-35-26(21-27-14-15-28(41-27)23-39-3)22-32(37)33(34(35)38)31-20-24(2)19-25-11-6-7-13-30(25)31/h6-7,11,13,19-20,22,27-29,39,41H,4-5,8-10,12,14-18,21,23H2,1-3H3/b42-36+. The number of amidine groups is 1. The van der Waals surface area contributed by atoms with Gasteiger partial charge in [0.25, 0.3) is 0 Å². The van der Waals surface area contributed by atoms with Crippen LogP contribution in [0.25, 0.3) is 21.9 Å². The molecule has 2 saturated heterocycles. The molecule has 236 valence electrons. The number of nitrogens with zero attached hydrogens (tertiary/aromatic N) is 3. The highest BCUT2D eigenvalue weighted by Gasteiger charge is 2.27. The van der Waals surface area contributed by atoms with E-state index in [1.165, 1.54) is 32.1 Å². The average molecular weight is 620 g/mol. The molecule has 0 aromatic heterocycles. The van der Waals surface area contributed by atoms with Crippen LogP contribution in [0.3, 0.4) is 0 Å². The Bertz CT molecular complexity index is 1470. The van der Waals surface area contributed by atoms with Crippen molar-refractivity contribution in [3.63, 3.8) is 0 Å². The van der Waals surface area contributed by atoms with Crippen molar-refractivity contribution in [3.05, 3.63) is 64.4 Å². The minimum absolute atomic E-state index is 0.0871. The van der Waals surface area contributed by atoms with Gasteiger partial charge in [-0.1, -0.05) is 67.8 Å². The fraction of sp³-hybridized carbons (Fsp3) is 0.500. The molecule has 3 unspecified atom stereocenters. The summed E-state index contributed by atoms with van der Waals surface area (Å²) in [5.74, 6) is -0.461. The lowest BCUT2D eigenvalue weighted by molar-refractivity contribution is 0.113. The zero-order valence-corrected chi connectivity index (χ0v) is 27.2. The van der Waals surface area contributed by atoms with Gasteiger partial charge >= 0.3 is 6.02 Å². The molecule has 0 radical (unpaired) electrons. The van der Waals surface area contributed by atoms with Crippen LogP contribution in [0.1, 0.15) is 63.0 Å². The van der Waals surface area contributed by atoms with E-state index in [1.807, 2.05) is 50.4 Å².